The van der Waals surface area contributed by atoms with E-state index >= 15 is 0 Å². The van der Waals surface area contributed by atoms with Gasteiger partial charge in [-0.05, 0) is 26.3 Å². The zero-order valence-electron chi connectivity index (χ0n) is 11.1. The number of benzene rings is 1. The summed E-state index contributed by atoms with van der Waals surface area (Å²) in [5.41, 5.74) is 1.60. The molecule has 16 heavy (non-hydrogen) atoms. The summed E-state index contributed by atoms with van der Waals surface area (Å²) < 4.78 is 4.76. The largest absolute Gasteiger partial charge is 0.468 e. The summed E-state index contributed by atoms with van der Waals surface area (Å²) in [4.78, 5) is 11.5. The highest BCUT2D eigenvalue weighted by Crippen LogP contribution is 2.24. The molecule has 0 heterocycles. The van der Waals surface area contributed by atoms with Gasteiger partial charge in [0.05, 0.1) is 12.5 Å². The van der Waals surface area contributed by atoms with E-state index in [1.54, 1.807) is 0 Å². The maximum atomic E-state index is 11.5. The van der Waals surface area contributed by atoms with E-state index in [1.807, 2.05) is 58.9 Å². The molecule has 0 bridgehead atoms. The Kier molecular flexibility index (Phi) is 5.79. The van der Waals surface area contributed by atoms with E-state index in [2.05, 4.69) is 0 Å². The number of hydrogen-bond donors (Lipinski definition) is 0. The van der Waals surface area contributed by atoms with Gasteiger partial charge >= 0.3 is 5.97 Å². The second-order valence-electron chi connectivity index (χ2n) is 3.98. The van der Waals surface area contributed by atoms with Gasteiger partial charge in [0, 0.05) is 0 Å². The molecule has 0 aromatic heterocycles. The second-order valence-corrected chi connectivity index (χ2v) is 3.98. The van der Waals surface area contributed by atoms with Crippen molar-refractivity contribution in [2.24, 2.45) is 0 Å². The van der Waals surface area contributed by atoms with Crippen LogP contribution in [0.15, 0.2) is 24.3 Å². The molecular weight excluding hydrogens is 200 g/mol. The van der Waals surface area contributed by atoms with Crippen molar-refractivity contribution >= 4 is 5.97 Å². The van der Waals surface area contributed by atoms with Crippen LogP contribution in [0.1, 0.15) is 38.8 Å². The van der Waals surface area contributed by atoms with Crippen LogP contribution in [0.25, 0.3) is 0 Å². The first-order valence-electron chi connectivity index (χ1n) is 5.64. The lowest BCUT2D eigenvalue weighted by atomic mass is 9.84. The molecule has 0 unspecified atom stereocenters. The van der Waals surface area contributed by atoms with Crippen LogP contribution in [0.5, 0.6) is 0 Å². The van der Waals surface area contributed by atoms with Crippen LogP contribution >= 0.6 is 0 Å². The standard InChI is InChI=1S/C12H16O2.C2H6/c1-9-5-7-10(8-6-9)12(2,3)11(13)14-4;1-2/h5-8H,1-4H3;1-2H3. The van der Waals surface area contributed by atoms with Crippen molar-refractivity contribution in [2.45, 2.75) is 40.0 Å². The number of rotatable bonds is 2. The summed E-state index contributed by atoms with van der Waals surface area (Å²) in [5, 5.41) is 0. The lowest BCUT2D eigenvalue weighted by Crippen LogP contribution is -2.30. The van der Waals surface area contributed by atoms with E-state index in [4.69, 9.17) is 4.74 Å². The number of esters is 1. The summed E-state index contributed by atoms with van der Waals surface area (Å²) in [7, 11) is 1.41. The summed E-state index contributed by atoms with van der Waals surface area (Å²) in [6.07, 6.45) is 0. The van der Waals surface area contributed by atoms with Gasteiger partial charge in [-0.1, -0.05) is 43.7 Å². The third-order valence-electron chi connectivity index (χ3n) is 2.47. The van der Waals surface area contributed by atoms with E-state index < -0.39 is 5.41 Å². The molecule has 1 aromatic carbocycles. The maximum absolute atomic E-state index is 11.5. The van der Waals surface area contributed by atoms with Crippen molar-refractivity contribution < 1.29 is 9.53 Å². The van der Waals surface area contributed by atoms with Crippen molar-refractivity contribution in [1.29, 1.82) is 0 Å². The molecule has 0 saturated carbocycles. The van der Waals surface area contributed by atoms with Gasteiger partial charge in [-0.3, -0.25) is 4.79 Å². The fraction of sp³-hybridized carbons (Fsp3) is 0.500. The molecule has 0 amide bonds. The van der Waals surface area contributed by atoms with Crippen LogP contribution in [0, 0.1) is 6.92 Å². The van der Waals surface area contributed by atoms with Crippen molar-refractivity contribution in [3.05, 3.63) is 35.4 Å². The number of carbonyl (C=O) groups excluding carboxylic acids is 1. The third kappa shape index (κ3) is 3.37. The average molecular weight is 222 g/mol. The van der Waals surface area contributed by atoms with Gasteiger partial charge in [-0.25, -0.2) is 0 Å². The van der Waals surface area contributed by atoms with Gasteiger partial charge in [0.2, 0.25) is 0 Å². The monoisotopic (exact) mass is 222 g/mol. The number of carbonyl (C=O) groups is 1. The predicted octanol–water partition coefficient (Wildman–Crippen LogP) is 3.47. The average Bonchev–Trinajstić information content (AvgIpc) is 2.31. The summed E-state index contributed by atoms with van der Waals surface area (Å²) >= 11 is 0. The molecule has 1 aromatic rings. The minimum absolute atomic E-state index is 0.207. The van der Waals surface area contributed by atoms with Crippen LogP contribution in [0.3, 0.4) is 0 Å². The molecule has 0 N–H and O–H groups in total. The van der Waals surface area contributed by atoms with Crippen molar-refractivity contribution in [3.8, 4) is 0 Å². The minimum Gasteiger partial charge on any atom is -0.468 e. The summed E-state index contributed by atoms with van der Waals surface area (Å²) in [6, 6.07) is 7.93. The SMILES string of the molecule is CC.COC(=O)C(C)(C)c1ccc(C)cc1. The van der Waals surface area contributed by atoms with Crippen LogP contribution in [0.4, 0.5) is 0 Å². The highest BCUT2D eigenvalue weighted by Gasteiger charge is 2.30. The molecule has 0 atom stereocenters. The smallest absolute Gasteiger partial charge is 0.315 e. The van der Waals surface area contributed by atoms with Gasteiger partial charge in [-0.2, -0.15) is 0 Å². The fourth-order valence-corrected chi connectivity index (χ4v) is 1.34. The molecule has 0 spiro atoms. The molecule has 1 rings (SSSR count). The molecule has 0 aliphatic rings. The number of ether oxygens (including phenoxy) is 1. The molecule has 90 valence electrons. The molecular formula is C14H22O2. The topological polar surface area (TPSA) is 26.3 Å². The minimum atomic E-state index is -0.567. The Morgan fingerprint density at radius 2 is 1.56 bits per heavy atom. The molecule has 0 fully saturated rings. The lowest BCUT2D eigenvalue weighted by Gasteiger charge is -2.21. The molecule has 0 aliphatic carbocycles. The van der Waals surface area contributed by atoms with E-state index in [-0.39, 0.29) is 5.97 Å². The highest BCUT2D eigenvalue weighted by atomic mass is 16.5. The van der Waals surface area contributed by atoms with Crippen LogP contribution < -0.4 is 0 Å². The quantitative estimate of drug-likeness (QED) is 0.716. The third-order valence-corrected chi connectivity index (χ3v) is 2.47. The Bertz CT molecular complexity index is 323. The summed E-state index contributed by atoms with van der Waals surface area (Å²) in [6.45, 7) is 9.75. The number of hydrogen-bond acceptors (Lipinski definition) is 2. The zero-order valence-corrected chi connectivity index (χ0v) is 11.1. The first-order chi connectivity index (χ1) is 7.48. The Morgan fingerprint density at radius 1 is 1.12 bits per heavy atom. The normalized spacial score (nSPS) is 10.1. The molecule has 2 nitrogen and oxygen atoms in total. The van der Waals surface area contributed by atoms with E-state index in [0.717, 1.165) is 5.56 Å². The number of methoxy groups -OCH3 is 1. The summed E-state index contributed by atoms with van der Waals surface area (Å²) in [5.74, 6) is -0.207. The first kappa shape index (κ1) is 14.7. The number of aryl methyl sites for hydroxylation is 1. The van der Waals surface area contributed by atoms with Crippen LogP contribution in [-0.4, -0.2) is 13.1 Å². The molecule has 2 heteroatoms. The zero-order chi connectivity index (χ0) is 12.8. The maximum Gasteiger partial charge on any atom is 0.315 e. The Morgan fingerprint density at radius 3 is 1.94 bits per heavy atom. The van der Waals surface area contributed by atoms with Crippen molar-refractivity contribution in [3.63, 3.8) is 0 Å². The van der Waals surface area contributed by atoms with Gasteiger partial charge in [-0.15, -0.1) is 0 Å². The van der Waals surface area contributed by atoms with E-state index in [0.29, 0.717) is 0 Å². The van der Waals surface area contributed by atoms with E-state index in [9.17, 15) is 4.79 Å². The first-order valence-corrected chi connectivity index (χ1v) is 5.64. The van der Waals surface area contributed by atoms with Gasteiger partial charge in [0.15, 0.2) is 0 Å². The van der Waals surface area contributed by atoms with Crippen molar-refractivity contribution in [1.82, 2.24) is 0 Å². The molecule has 0 radical (unpaired) electrons. The molecule has 0 aliphatic heterocycles. The Balaban J connectivity index is 0.00000106. The Hall–Kier alpha value is -1.31. The van der Waals surface area contributed by atoms with Gasteiger partial charge < -0.3 is 4.74 Å². The van der Waals surface area contributed by atoms with E-state index in [1.165, 1.54) is 12.7 Å². The molecule has 0 saturated heterocycles. The predicted molar refractivity (Wildman–Crippen MR) is 67.6 cm³/mol. The van der Waals surface area contributed by atoms with Crippen LogP contribution in [0.2, 0.25) is 0 Å². The highest BCUT2D eigenvalue weighted by molar-refractivity contribution is 5.82. The van der Waals surface area contributed by atoms with Crippen LogP contribution in [-0.2, 0) is 14.9 Å². The lowest BCUT2D eigenvalue weighted by molar-refractivity contribution is -0.146. The van der Waals surface area contributed by atoms with Crippen molar-refractivity contribution in [2.75, 3.05) is 7.11 Å². The van der Waals surface area contributed by atoms with Gasteiger partial charge in [0.25, 0.3) is 0 Å². The second kappa shape index (κ2) is 6.31. The fourth-order valence-electron chi connectivity index (χ4n) is 1.34. The Labute approximate surface area is 98.6 Å². The van der Waals surface area contributed by atoms with Gasteiger partial charge in [0.1, 0.15) is 0 Å².